The highest BCUT2D eigenvalue weighted by atomic mass is 35.5. The van der Waals surface area contributed by atoms with E-state index in [1.807, 2.05) is 6.07 Å². The Hall–Kier alpha value is -2.61. The molecule has 0 bridgehead atoms. The maximum absolute atomic E-state index is 13.6. The van der Waals surface area contributed by atoms with E-state index in [4.69, 9.17) is 21.1 Å². The zero-order valence-corrected chi connectivity index (χ0v) is 14.5. The van der Waals surface area contributed by atoms with Crippen LogP contribution in [0, 0.1) is 13.8 Å². The number of ether oxygens (including phenoxy) is 2. The molecule has 1 unspecified atom stereocenters. The van der Waals surface area contributed by atoms with Gasteiger partial charge in [-0.2, -0.15) is 13.2 Å². The first-order chi connectivity index (χ1) is 12.1. The second kappa shape index (κ2) is 6.28. The fraction of sp³-hybridized carbons (Fsp3) is 0.235. The number of nitrogens with one attached hydrogen (secondary N) is 2. The minimum Gasteiger partial charge on any atom is -0.424 e. The van der Waals surface area contributed by atoms with Crippen molar-refractivity contribution in [3.63, 3.8) is 0 Å². The molecule has 3 rings (SSSR count). The van der Waals surface area contributed by atoms with E-state index in [-0.39, 0.29) is 16.5 Å². The molecule has 2 aromatic rings. The third-order valence-corrected chi connectivity index (χ3v) is 3.78. The van der Waals surface area contributed by atoms with Crippen LogP contribution in [0.3, 0.4) is 0 Å². The second-order valence-electron chi connectivity index (χ2n) is 5.87. The van der Waals surface area contributed by atoms with E-state index >= 15 is 0 Å². The molecule has 1 atom stereocenters. The molecule has 5 nitrogen and oxygen atoms in total. The number of fused-ring (bicyclic) bond motifs is 1. The van der Waals surface area contributed by atoms with E-state index in [9.17, 15) is 18.0 Å². The number of aryl methyl sites for hydroxylation is 2. The summed E-state index contributed by atoms with van der Waals surface area (Å²) in [4.78, 5) is 12.2. The van der Waals surface area contributed by atoms with Gasteiger partial charge < -0.3 is 14.8 Å². The van der Waals surface area contributed by atoms with Crippen molar-refractivity contribution in [2.24, 2.45) is 0 Å². The SMILES string of the molecule is Cc1cc(C)cc(NC(=O)NC2(C(F)(F)F)Oc3ccc(Cl)cc3O2)c1. The standard InChI is InChI=1S/C17H14ClF3N2O3/c1-9-5-10(2)7-12(6-9)22-15(24)23-17(16(19,20)21)25-13-4-3-11(18)8-14(13)26-17/h3-8H,1-2H3,(H2,22,23,24). The molecule has 2 amide bonds. The van der Waals surface area contributed by atoms with Crippen molar-refractivity contribution >= 4 is 23.3 Å². The predicted octanol–water partition coefficient (Wildman–Crippen LogP) is 4.77. The van der Waals surface area contributed by atoms with Crippen LogP contribution in [0.1, 0.15) is 11.1 Å². The smallest absolute Gasteiger partial charge is 0.424 e. The summed E-state index contributed by atoms with van der Waals surface area (Å²) in [6.07, 6.45) is -5.04. The summed E-state index contributed by atoms with van der Waals surface area (Å²) in [6, 6.07) is 7.74. The number of carbonyl (C=O) groups is 1. The molecule has 0 saturated carbocycles. The Bertz CT molecular complexity index is 853. The van der Waals surface area contributed by atoms with Gasteiger partial charge in [0.2, 0.25) is 0 Å². The van der Waals surface area contributed by atoms with Crippen LogP contribution in [-0.4, -0.2) is 18.1 Å². The first-order valence-corrected chi connectivity index (χ1v) is 7.87. The van der Waals surface area contributed by atoms with Crippen LogP contribution in [0.15, 0.2) is 36.4 Å². The molecule has 2 aromatic carbocycles. The summed E-state index contributed by atoms with van der Waals surface area (Å²) in [5.41, 5.74) is 2.04. The summed E-state index contributed by atoms with van der Waals surface area (Å²) in [5, 5.41) is 4.24. The van der Waals surface area contributed by atoms with Crippen molar-refractivity contribution in [3.8, 4) is 11.5 Å². The molecule has 0 fully saturated rings. The lowest BCUT2D eigenvalue weighted by Crippen LogP contribution is -2.65. The molecule has 0 radical (unpaired) electrons. The fourth-order valence-electron chi connectivity index (χ4n) is 2.57. The van der Waals surface area contributed by atoms with Crippen molar-refractivity contribution in [1.82, 2.24) is 5.32 Å². The van der Waals surface area contributed by atoms with Gasteiger partial charge in [0.25, 0.3) is 0 Å². The largest absolute Gasteiger partial charge is 0.492 e. The number of alkyl halides is 3. The molecule has 0 aliphatic carbocycles. The zero-order chi connectivity index (χ0) is 19.1. The van der Waals surface area contributed by atoms with Gasteiger partial charge in [0.1, 0.15) is 0 Å². The normalized spacial score (nSPS) is 18.5. The van der Waals surface area contributed by atoms with Crippen LogP contribution in [0.5, 0.6) is 11.5 Å². The molecule has 0 saturated heterocycles. The number of carbonyl (C=O) groups excluding carboxylic acids is 1. The Balaban J connectivity index is 1.83. The summed E-state index contributed by atoms with van der Waals surface area (Å²) < 4.78 is 50.5. The van der Waals surface area contributed by atoms with E-state index < -0.39 is 18.1 Å². The molecule has 26 heavy (non-hydrogen) atoms. The Morgan fingerprint density at radius 1 is 1.04 bits per heavy atom. The molecule has 1 heterocycles. The van der Waals surface area contributed by atoms with E-state index in [1.165, 1.54) is 18.2 Å². The van der Waals surface area contributed by atoms with Crippen LogP contribution in [0.4, 0.5) is 23.7 Å². The maximum atomic E-state index is 13.6. The quantitative estimate of drug-likeness (QED) is 0.782. The minimum absolute atomic E-state index is 0.171. The summed E-state index contributed by atoms with van der Waals surface area (Å²) >= 11 is 5.76. The van der Waals surface area contributed by atoms with Gasteiger partial charge in [-0.15, -0.1) is 0 Å². The van der Waals surface area contributed by atoms with Gasteiger partial charge in [0.15, 0.2) is 11.5 Å². The van der Waals surface area contributed by atoms with Crippen molar-refractivity contribution in [2.75, 3.05) is 5.32 Å². The number of urea groups is 1. The fourth-order valence-corrected chi connectivity index (χ4v) is 2.73. The average Bonchev–Trinajstić information content (AvgIpc) is 2.83. The topological polar surface area (TPSA) is 59.6 Å². The van der Waals surface area contributed by atoms with Crippen molar-refractivity contribution in [2.45, 2.75) is 25.9 Å². The minimum atomic E-state index is -5.04. The molecule has 2 N–H and O–H groups in total. The van der Waals surface area contributed by atoms with Gasteiger partial charge in [-0.05, 0) is 49.2 Å². The van der Waals surface area contributed by atoms with Crippen molar-refractivity contribution in [1.29, 1.82) is 0 Å². The molecular formula is C17H14ClF3N2O3. The van der Waals surface area contributed by atoms with Gasteiger partial charge in [0, 0.05) is 16.8 Å². The molecule has 0 aromatic heterocycles. The Morgan fingerprint density at radius 3 is 2.27 bits per heavy atom. The first-order valence-electron chi connectivity index (χ1n) is 7.50. The van der Waals surface area contributed by atoms with E-state index in [1.54, 1.807) is 31.3 Å². The number of hydrogen-bond acceptors (Lipinski definition) is 3. The van der Waals surface area contributed by atoms with Crippen molar-refractivity contribution in [3.05, 3.63) is 52.5 Å². The molecule has 9 heteroatoms. The summed E-state index contributed by atoms with van der Waals surface area (Å²) in [5.74, 6) is -3.75. The lowest BCUT2D eigenvalue weighted by molar-refractivity contribution is -0.317. The maximum Gasteiger partial charge on any atom is 0.492 e. The number of benzene rings is 2. The third-order valence-electron chi connectivity index (χ3n) is 3.54. The third kappa shape index (κ3) is 3.50. The van der Waals surface area contributed by atoms with Gasteiger partial charge in [-0.1, -0.05) is 17.7 Å². The van der Waals surface area contributed by atoms with E-state index in [0.29, 0.717) is 5.69 Å². The van der Waals surface area contributed by atoms with Crippen LogP contribution < -0.4 is 20.1 Å². The molecule has 0 spiro atoms. The number of amides is 2. The van der Waals surface area contributed by atoms with E-state index in [2.05, 4.69) is 5.32 Å². The first kappa shape index (κ1) is 18.2. The molecule has 138 valence electrons. The van der Waals surface area contributed by atoms with Gasteiger partial charge in [-0.3, -0.25) is 5.32 Å². The number of halogens is 4. The Morgan fingerprint density at radius 2 is 1.65 bits per heavy atom. The van der Waals surface area contributed by atoms with Crippen LogP contribution >= 0.6 is 11.6 Å². The second-order valence-corrected chi connectivity index (χ2v) is 6.30. The van der Waals surface area contributed by atoms with Crippen LogP contribution in [0.2, 0.25) is 5.02 Å². The summed E-state index contributed by atoms with van der Waals surface area (Å²) in [6.45, 7) is 3.60. The number of hydrogen-bond donors (Lipinski definition) is 2. The van der Waals surface area contributed by atoms with Crippen LogP contribution in [0.25, 0.3) is 0 Å². The molecular weight excluding hydrogens is 373 g/mol. The lowest BCUT2D eigenvalue weighted by Gasteiger charge is -2.29. The van der Waals surface area contributed by atoms with E-state index in [0.717, 1.165) is 11.1 Å². The van der Waals surface area contributed by atoms with Gasteiger partial charge in [0.05, 0.1) is 0 Å². The molecule has 1 aliphatic heterocycles. The zero-order valence-electron chi connectivity index (χ0n) is 13.7. The lowest BCUT2D eigenvalue weighted by atomic mass is 10.1. The number of anilines is 1. The van der Waals surface area contributed by atoms with Crippen molar-refractivity contribution < 1.29 is 27.4 Å². The number of rotatable bonds is 2. The van der Waals surface area contributed by atoms with Gasteiger partial charge in [-0.25, -0.2) is 4.79 Å². The predicted molar refractivity (Wildman–Crippen MR) is 89.6 cm³/mol. The Labute approximate surface area is 152 Å². The van der Waals surface area contributed by atoms with Gasteiger partial charge >= 0.3 is 18.1 Å². The highest BCUT2D eigenvalue weighted by Crippen LogP contribution is 2.46. The Kier molecular flexibility index (Phi) is 4.39. The highest BCUT2D eigenvalue weighted by Gasteiger charge is 2.65. The monoisotopic (exact) mass is 386 g/mol. The van der Waals surface area contributed by atoms with Crippen LogP contribution in [-0.2, 0) is 0 Å². The average molecular weight is 387 g/mol. The molecule has 1 aliphatic rings. The highest BCUT2D eigenvalue weighted by molar-refractivity contribution is 6.30. The summed E-state index contributed by atoms with van der Waals surface area (Å²) in [7, 11) is 0.